The molecular weight excluding hydrogens is 376 g/mol. The molecule has 1 aliphatic carbocycles. The predicted octanol–water partition coefficient (Wildman–Crippen LogP) is 5.79. The third-order valence-electron chi connectivity index (χ3n) is 6.22. The van der Waals surface area contributed by atoms with Crippen LogP contribution in [0.2, 0.25) is 0 Å². The second-order valence-corrected chi connectivity index (χ2v) is 8.64. The van der Waals surface area contributed by atoms with Crippen molar-refractivity contribution in [2.24, 2.45) is 5.92 Å². The van der Waals surface area contributed by atoms with E-state index in [1.165, 1.54) is 70.6 Å². The Morgan fingerprint density at radius 3 is 2.40 bits per heavy atom. The summed E-state index contributed by atoms with van der Waals surface area (Å²) < 4.78 is 0. The number of nitrogens with one attached hydrogen (secondary N) is 2. The lowest BCUT2D eigenvalue weighted by Crippen LogP contribution is -2.29. The van der Waals surface area contributed by atoms with Gasteiger partial charge in [0.05, 0.1) is 0 Å². The molecule has 5 heteroatoms. The van der Waals surface area contributed by atoms with Crippen molar-refractivity contribution in [2.75, 3.05) is 18.4 Å². The zero-order valence-electron chi connectivity index (χ0n) is 18.7. The number of rotatable bonds is 14. The molecular formula is C25H40N2O3. The lowest BCUT2D eigenvalue weighted by Gasteiger charge is -2.21. The fourth-order valence-corrected chi connectivity index (χ4v) is 4.44. The molecule has 1 saturated carbocycles. The minimum atomic E-state index is -1.04. The summed E-state index contributed by atoms with van der Waals surface area (Å²) in [5.74, 6) is -0.348. The van der Waals surface area contributed by atoms with Gasteiger partial charge in [-0.1, -0.05) is 77.6 Å². The first kappa shape index (κ1) is 24.2. The fraction of sp³-hybridized carbons (Fsp3) is 0.680. The van der Waals surface area contributed by atoms with Crippen molar-refractivity contribution < 1.29 is 14.7 Å². The molecule has 1 aromatic rings. The smallest absolute Gasteiger partial charge is 0.322 e. The van der Waals surface area contributed by atoms with E-state index in [0.29, 0.717) is 5.56 Å². The Labute approximate surface area is 182 Å². The van der Waals surface area contributed by atoms with Crippen LogP contribution in [0.3, 0.4) is 0 Å². The molecule has 1 aromatic carbocycles. The average Bonchev–Trinajstić information content (AvgIpc) is 2.76. The summed E-state index contributed by atoms with van der Waals surface area (Å²) in [6, 6.07) is 5.69. The molecule has 2 rings (SSSR count). The summed E-state index contributed by atoms with van der Waals surface area (Å²) in [4.78, 5) is 22.8. The van der Waals surface area contributed by atoms with Crippen molar-refractivity contribution >= 4 is 17.6 Å². The Bertz CT molecular complexity index is 654. The number of carboxylic acid groups (broad SMARTS) is 1. The van der Waals surface area contributed by atoms with Crippen LogP contribution in [0.5, 0.6) is 0 Å². The van der Waals surface area contributed by atoms with Crippen molar-refractivity contribution in [1.29, 1.82) is 0 Å². The minimum Gasteiger partial charge on any atom is -0.480 e. The number of unbranched alkanes of at least 4 members (excludes halogenated alkanes) is 5. The van der Waals surface area contributed by atoms with Gasteiger partial charge in [0.2, 0.25) is 0 Å². The third-order valence-corrected chi connectivity index (χ3v) is 6.22. The van der Waals surface area contributed by atoms with Gasteiger partial charge in [0, 0.05) is 17.8 Å². The maximum absolute atomic E-state index is 12.1. The maximum Gasteiger partial charge on any atom is 0.322 e. The van der Waals surface area contributed by atoms with Gasteiger partial charge in [0.25, 0.3) is 5.91 Å². The highest BCUT2D eigenvalue weighted by Gasteiger charge is 2.13. The fourth-order valence-electron chi connectivity index (χ4n) is 4.44. The number of amides is 1. The number of carbonyl (C=O) groups excluding carboxylic acids is 1. The molecule has 0 aromatic heterocycles. The predicted molar refractivity (Wildman–Crippen MR) is 123 cm³/mol. The Balaban J connectivity index is 1.58. The van der Waals surface area contributed by atoms with Gasteiger partial charge in [-0.3, -0.25) is 9.59 Å². The standard InChI is InChI=1S/C25H40N2O3/c1-2-21-18-22(15-16-23(21)25(30)27-19-24(28)29)26-17-11-6-4-3-5-8-12-20-13-9-7-10-14-20/h15-16,18,20,26H,2-14,17,19H2,1H3,(H,27,30)(H,28,29). The van der Waals surface area contributed by atoms with Crippen molar-refractivity contribution in [3.63, 3.8) is 0 Å². The van der Waals surface area contributed by atoms with Gasteiger partial charge in [-0.15, -0.1) is 0 Å². The maximum atomic E-state index is 12.1. The van der Waals surface area contributed by atoms with Gasteiger partial charge < -0.3 is 15.7 Å². The molecule has 1 amide bonds. The second-order valence-electron chi connectivity index (χ2n) is 8.64. The molecule has 168 valence electrons. The lowest BCUT2D eigenvalue weighted by molar-refractivity contribution is -0.135. The molecule has 0 heterocycles. The molecule has 5 nitrogen and oxygen atoms in total. The summed E-state index contributed by atoms with van der Waals surface area (Å²) in [7, 11) is 0. The lowest BCUT2D eigenvalue weighted by atomic mass is 9.85. The molecule has 0 unspecified atom stereocenters. The number of carbonyl (C=O) groups is 2. The summed E-state index contributed by atoms with van der Waals surface area (Å²) >= 11 is 0. The highest BCUT2D eigenvalue weighted by molar-refractivity contribution is 5.97. The zero-order chi connectivity index (χ0) is 21.6. The van der Waals surface area contributed by atoms with Crippen LogP contribution in [0.15, 0.2) is 18.2 Å². The van der Waals surface area contributed by atoms with Crippen LogP contribution < -0.4 is 10.6 Å². The largest absolute Gasteiger partial charge is 0.480 e. The van der Waals surface area contributed by atoms with Gasteiger partial charge >= 0.3 is 5.97 Å². The Kier molecular flexibility index (Phi) is 11.3. The number of anilines is 1. The number of carboxylic acids is 1. The Hall–Kier alpha value is -2.04. The van der Waals surface area contributed by atoms with Crippen LogP contribution >= 0.6 is 0 Å². The summed E-state index contributed by atoms with van der Waals surface area (Å²) in [6.45, 7) is 2.58. The van der Waals surface area contributed by atoms with Crippen molar-refractivity contribution in [2.45, 2.75) is 90.4 Å². The van der Waals surface area contributed by atoms with Crippen LogP contribution in [0, 0.1) is 5.92 Å². The Morgan fingerprint density at radius 2 is 1.70 bits per heavy atom. The molecule has 1 aliphatic rings. The van der Waals surface area contributed by atoms with E-state index < -0.39 is 5.97 Å². The van der Waals surface area contributed by atoms with Crippen LogP contribution in [0.4, 0.5) is 5.69 Å². The van der Waals surface area contributed by atoms with Crippen LogP contribution in [0.25, 0.3) is 0 Å². The van der Waals surface area contributed by atoms with Gasteiger partial charge in [0.15, 0.2) is 0 Å². The second kappa shape index (κ2) is 14.1. The summed E-state index contributed by atoms with van der Waals surface area (Å²) in [6.07, 6.45) is 17.4. The molecule has 30 heavy (non-hydrogen) atoms. The van der Waals surface area contributed by atoms with Gasteiger partial charge in [-0.05, 0) is 42.5 Å². The van der Waals surface area contributed by atoms with Gasteiger partial charge in [-0.2, -0.15) is 0 Å². The van der Waals surface area contributed by atoms with E-state index in [4.69, 9.17) is 5.11 Å². The van der Waals surface area contributed by atoms with Crippen molar-refractivity contribution in [1.82, 2.24) is 5.32 Å². The van der Waals surface area contributed by atoms with Gasteiger partial charge in [-0.25, -0.2) is 0 Å². The van der Waals surface area contributed by atoms with E-state index in [2.05, 4.69) is 10.6 Å². The van der Waals surface area contributed by atoms with E-state index in [0.717, 1.165) is 36.6 Å². The average molecular weight is 417 g/mol. The molecule has 0 radical (unpaired) electrons. The van der Waals surface area contributed by atoms with Crippen LogP contribution in [-0.2, 0) is 11.2 Å². The highest BCUT2D eigenvalue weighted by Crippen LogP contribution is 2.28. The molecule has 1 fully saturated rings. The number of hydrogen-bond donors (Lipinski definition) is 3. The molecule has 0 spiro atoms. The molecule has 0 aliphatic heterocycles. The quantitative estimate of drug-likeness (QED) is 0.336. The van der Waals surface area contributed by atoms with Crippen LogP contribution in [-0.4, -0.2) is 30.1 Å². The first-order chi connectivity index (χ1) is 14.6. The first-order valence-electron chi connectivity index (χ1n) is 12.0. The normalized spacial score (nSPS) is 14.4. The molecule has 0 saturated heterocycles. The number of aliphatic carboxylic acids is 1. The van der Waals surface area contributed by atoms with Crippen molar-refractivity contribution in [3.05, 3.63) is 29.3 Å². The number of aryl methyl sites for hydroxylation is 1. The monoisotopic (exact) mass is 416 g/mol. The van der Waals surface area contributed by atoms with E-state index in [-0.39, 0.29) is 12.5 Å². The van der Waals surface area contributed by atoms with Crippen LogP contribution in [0.1, 0.15) is 99.9 Å². The number of benzene rings is 1. The van der Waals surface area contributed by atoms with E-state index >= 15 is 0 Å². The van der Waals surface area contributed by atoms with Crippen molar-refractivity contribution in [3.8, 4) is 0 Å². The summed E-state index contributed by atoms with van der Waals surface area (Å²) in [5, 5.41) is 14.6. The molecule has 0 atom stereocenters. The SMILES string of the molecule is CCc1cc(NCCCCCCCCC2CCCCC2)ccc1C(=O)NCC(=O)O. The van der Waals surface area contributed by atoms with E-state index in [1.807, 2.05) is 19.1 Å². The van der Waals surface area contributed by atoms with E-state index in [9.17, 15) is 9.59 Å². The highest BCUT2D eigenvalue weighted by atomic mass is 16.4. The topological polar surface area (TPSA) is 78.4 Å². The summed E-state index contributed by atoms with van der Waals surface area (Å²) in [5.41, 5.74) is 2.51. The minimum absolute atomic E-state index is 0.329. The first-order valence-corrected chi connectivity index (χ1v) is 12.0. The van der Waals surface area contributed by atoms with Gasteiger partial charge in [0.1, 0.15) is 6.54 Å². The Morgan fingerprint density at radius 1 is 1.00 bits per heavy atom. The van der Waals surface area contributed by atoms with E-state index in [1.54, 1.807) is 6.07 Å². The molecule has 0 bridgehead atoms. The third kappa shape index (κ3) is 9.19. The molecule has 3 N–H and O–H groups in total. The zero-order valence-corrected chi connectivity index (χ0v) is 18.7. The number of hydrogen-bond acceptors (Lipinski definition) is 3.